The maximum absolute atomic E-state index is 12.4. The van der Waals surface area contributed by atoms with E-state index in [1.165, 1.54) is 12.1 Å². The van der Waals surface area contributed by atoms with E-state index in [1.807, 2.05) is 0 Å². The molecule has 0 aliphatic heterocycles. The Bertz CT molecular complexity index is 326. The zero-order chi connectivity index (χ0) is 12.2. The predicted molar refractivity (Wildman–Crippen MR) is 59.2 cm³/mol. The maximum Gasteiger partial charge on any atom is 0.416 e. The van der Waals surface area contributed by atoms with Crippen molar-refractivity contribution in [1.29, 1.82) is 0 Å². The van der Waals surface area contributed by atoms with Crippen LogP contribution in [0.25, 0.3) is 0 Å². The van der Waals surface area contributed by atoms with E-state index in [1.54, 1.807) is 6.07 Å². The van der Waals surface area contributed by atoms with Crippen LogP contribution in [0.4, 0.5) is 13.2 Å². The second-order valence-electron chi connectivity index (χ2n) is 4.48. The molecule has 0 spiro atoms. The van der Waals surface area contributed by atoms with Crippen molar-refractivity contribution < 1.29 is 13.2 Å². The average Bonchev–Trinajstić information content (AvgIpc) is 2.16. The molecule has 0 atom stereocenters. The number of hydrogen-bond donors (Lipinski definition) is 0. The Kier molecular flexibility index (Phi) is 4.39. The highest BCUT2D eigenvalue weighted by atomic mass is 19.4. The van der Waals surface area contributed by atoms with E-state index in [0.717, 1.165) is 30.9 Å². The third kappa shape index (κ3) is 4.25. The predicted octanol–water partition coefficient (Wildman–Crippen LogP) is 4.68. The summed E-state index contributed by atoms with van der Waals surface area (Å²) in [5, 5.41) is 0. The van der Waals surface area contributed by atoms with Gasteiger partial charge < -0.3 is 0 Å². The third-order valence-electron chi connectivity index (χ3n) is 2.50. The summed E-state index contributed by atoms with van der Waals surface area (Å²) in [5.41, 5.74) is 0.227. The fraction of sp³-hybridized carbons (Fsp3) is 0.538. The van der Waals surface area contributed by atoms with Gasteiger partial charge >= 0.3 is 6.18 Å². The molecule has 0 amide bonds. The van der Waals surface area contributed by atoms with E-state index in [0.29, 0.717) is 5.92 Å². The second-order valence-corrected chi connectivity index (χ2v) is 4.48. The van der Waals surface area contributed by atoms with Crippen LogP contribution in [0, 0.1) is 5.92 Å². The van der Waals surface area contributed by atoms with Crippen LogP contribution in [0.3, 0.4) is 0 Å². The van der Waals surface area contributed by atoms with E-state index >= 15 is 0 Å². The van der Waals surface area contributed by atoms with Crippen LogP contribution in [0.15, 0.2) is 24.3 Å². The first kappa shape index (κ1) is 13.1. The van der Waals surface area contributed by atoms with Crippen molar-refractivity contribution in [2.45, 2.75) is 39.3 Å². The van der Waals surface area contributed by atoms with Gasteiger partial charge in [-0.05, 0) is 30.4 Å². The molecule has 0 heterocycles. The summed E-state index contributed by atoms with van der Waals surface area (Å²) in [6.45, 7) is 4.23. The Hall–Kier alpha value is -0.990. The van der Waals surface area contributed by atoms with E-state index in [2.05, 4.69) is 13.8 Å². The van der Waals surface area contributed by atoms with Crippen LogP contribution in [-0.4, -0.2) is 0 Å². The molecule has 0 aliphatic carbocycles. The van der Waals surface area contributed by atoms with Crippen molar-refractivity contribution in [3.8, 4) is 0 Å². The van der Waals surface area contributed by atoms with Gasteiger partial charge in [-0.1, -0.05) is 38.5 Å². The minimum Gasteiger partial charge on any atom is -0.166 e. The van der Waals surface area contributed by atoms with E-state index in [4.69, 9.17) is 0 Å². The molecule has 3 heteroatoms. The zero-order valence-electron chi connectivity index (χ0n) is 9.64. The molecule has 90 valence electrons. The lowest BCUT2D eigenvalue weighted by Crippen LogP contribution is -2.05. The van der Waals surface area contributed by atoms with Crippen molar-refractivity contribution in [1.82, 2.24) is 0 Å². The summed E-state index contributed by atoms with van der Waals surface area (Å²) in [6.07, 6.45) is -1.51. The Labute approximate surface area is 94.5 Å². The number of benzene rings is 1. The van der Waals surface area contributed by atoms with Gasteiger partial charge in [-0.15, -0.1) is 0 Å². The molecule has 0 bridgehead atoms. The summed E-state index contributed by atoms with van der Waals surface area (Å²) >= 11 is 0. The lowest BCUT2D eigenvalue weighted by Gasteiger charge is -2.09. The Morgan fingerprint density at radius 2 is 1.88 bits per heavy atom. The van der Waals surface area contributed by atoms with Gasteiger partial charge in [-0.25, -0.2) is 0 Å². The van der Waals surface area contributed by atoms with Gasteiger partial charge in [-0.2, -0.15) is 13.2 Å². The molecule has 0 aromatic heterocycles. The van der Waals surface area contributed by atoms with Gasteiger partial charge in [0.15, 0.2) is 0 Å². The topological polar surface area (TPSA) is 0 Å². The molecule has 0 saturated heterocycles. The molecule has 0 nitrogen and oxygen atoms in total. The molecule has 0 N–H and O–H groups in total. The monoisotopic (exact) mass is 230 g/mol. The lowest BCUT2D eigenvalue weighted by atomic mass is 10.0. The molecule has 1 aromatic carbocycles. The number of rotatable bonds is 4. The lowest BCUT2D eigenvalue weighted by molar-refractivity contribution is -0.137. The minimum atomic E-state index is -4.23. The molecule has 0 radical (unpaired) electrons. The molecule has 0 fully saturated rings. The molecule has 0 unspecified atom stereocenters. The minimum absolute atomic E-state index is 0.547. The van der Waals surface area contributed by atoms with Crippen LogP contribution in [0.1, 0.15) is 37.8 Å². The largest absolute Gasteiger partial charge is 0.416 e. The Balaban J connectivity index is 2.61. The molecule has 1 rings (SSSR count). The molecule has 0 aliphatic rings. The van der Waals surface area contributed by atoms with E-state index in [9.17, 15) is 13.2 Å². The highest BCUT2D eigenvalue weighted by Crippen LogP contribution is 2.29. The molecule has 0 saturated carbocycles. The highest BCUT2D eigenvalue weighted by Gasteiger charge is 2.30. The SMILES string of the molecule is CC(C)CCCc1cccc(C(F)(F)F)c1. The second kappa shape index (κ2) is 5.37. The first-order valence-corrected chi connectivity index (χ1v) is 5.55. The molecular weight excluding hydrogens is 213 g/mol. The zero-order valence-corrected chi connectivity index (χ0v) is 9.64. The quantitative estimate of drug-likeness (QED) is 0.704. The van der Waals surface area contributed by atoms with E-state index in [-0.39, 0.29) is 0 Å². The smallest absolute Gasteiger partial charge is 0.166 e. The number of halogens is 3. The summed E-state index contributed by atoms with van der Waals surface area (Å²) < 4.78 is 37.3. The van der Waals surface area contributed by atoms with Gasteiger partial charge in [0.2, 0.25) is 0 Å². The van der Waals surface area contributed by atoms with Crippen molar-refractivity contribution in [3.63, 3.8) is 0 Å². The van der Waals surface area contributed by atoms with Gasteiger partial charge in [0, 0.05) is 0 Å². The number of aryl methyl sites for hydroxylation is 1. The van der Waals surface area contributed by atoms with Gasteiger partial charge in [-0.3, -0.25) is 0 Å². The summed E-state index contributed by atoms with van der Waals surface area (Å²) in [4.78, 5) is 0. The van der Waals surface area contributed by atoms with Gasteiger partial charge in [0.05, 0.1) is 5.56 Å². The van der Waals surface area contributed by atoms with Gasteiger partial charge in [0.1, 0.15) is 0 Å². The van der Waals surface area contributed by atoms with Crippen LogP contribution in [0.5, 0.6) is 0 Å². The molecular formula is C13H17F3. The Morgan fingerprint density at radius 3 is 2.44 bits per heavy atom. The first-order chi connectivity index (χ1) is 7.39. The van der Waals surface area contributed by atoms with Gasteiger partial charge in [0.25, 0.3) is 0 Å². The fourth-order valence-electron chi connectivity index (χ4n) is 1.62. The average molecular weight is 230 g/mol. The Morgan fingerprint density at radius 1 is 1.19 bits per heavy atom. The van der Waals surface area contributed by atoms with Crippen molar-refractivity contribution in [3.05, 3.63) is 35.4 Å². The van der Waals surface area contributed by atoms with Crippen LogP contribution in [0.2, 0.25) is 0 Å². The van der Waals surface area contributed by atoms with Crippen LogP contribution in [-0.2, 0) is 12.6 Å². The summed E-state index contributed by atoms with van der Waals surface area (Å²) in [7, 11) is 0. The highest BCUT2D eigenvalue weighted by molar-refractivity contribution is 5.25. The van der Waals surface area contributed by atoms with Crippen molar-refractivity contribution in [2.24, 2.45) is 5.92 Å². The summed E-state index contributed by atoms with van der Waals surface area (Å²) in [5.74, 6) is 0.603. The van der Waals surface area contributed by atoms with Crippen molar-refractivity contribution >= 4 is 0 Å². The number of alkyl halides is 3. The van der Waals surface area contributed by atoms with Crippen LogP contribution < -0.4 is 0 Å². The fourth-order valence-corrected chi connectivity index (χ4v) is 1.62. The first-order valence-electron chi connectivity index (χ1n) is 5.55. The van der Waals surface area contributed by atoms with E-state index < -0.39 is 11.7 Å². The standard InChI is InChI=1S/C13H17F3/c1-10(2)5-3-6-11-7-4-8-12(9-11)13(14,15)16/h4,7-10H,3,5-6H2,1-2H3. The third-order valence-corrected chi connectivity index (χ3v) is 2.50. The number of hydrogen-bond acceptors (Lipinski definition) is 0. The van der Waals surface area contributed by atoms with Crippen LogP contribution >= 0.6 is 0 Å². The molecule has 16 heavy (non-hydrogen) atoms. The van der Waals surface area contributed by atoms with Crippen molar-refractivity contribution in [2.75, 3.05) is 0 Å². The summed E-state index contributed by atoms with van der Waals surface area (Å²) in [6, 6.07) is 5.61. The molecule has 1 aromatic rings. The maximum atomic E-state index is 12.4. The normalized spacial score (nSPS) is 12.1.